The second-order valence-corrected chi connectivity index (χ2v) is 5.87. The fourth-order valence-corrected chi connectivity index (χ4v) is 2.14. The van der Waals surface area contributed by atoms with Crippen LogP contribution >= 0.6 is 24.0 Å². The fraction of sp³-hybridized carbons (Fsp3) is 0.933. The maximum Gasteiger partial charge on any atom is 0.191 e. The van der Waals surface area contributed by atoms with Crippen LogP contribution in [-0.4, -0.2) is 63.8 Å². The zero-order valence-electron chi connectivity index (χ0n) is 14.0. The zero-order chi connectivity index (χ0) is 14.8. The van der Waals surface area contributed by atoms with Crippen LogP contribution in [0, 0.1) is 5.92 Å². The smallest absolute Gasteiger partial charge is 0.191 e. The van der Waals surface area contributed by atoms with Crippen LogP contribution in [-0.2, 0) is 4.74 Å². The van der Waals surface area contributed by atoms with E-state index in [1.54, 1.807) is 7.11 Å². The van der Waals surface area contributed by atoms with Gasteiger partial charge in [-0.15, -0.1) is 24.0 Å². The molecule has 6 heteroatoms. The molecule has 0 bridgehead atoms. The first-order valence-electron chi connectivity index (χ1n) is 7.84. The average molecular weight is 412 g/mol. The standard InChI is InChI=1S/C15H32N4O.HI/c1-13(2)7-8-17-15(16-3)18-9-10-19(11-12-20-4)14-5-6-14;/h13-14H,5-12H2,1-4H3,(H2,16,17,18);1H. The molecule has 1 fully saturated rings. The molecule has 21 heavy (non-hydrogen) atoms. The highest BCUT2D eigenvalue weighted by Gasteiger charge is 2.28. The molecule has 0 aliphatic heterocycles. The van der Waals surface area contributed by atoms with Crippen molar-refractivity contribution in [1.82, 2.24) is 15.5 Å². The van der Waals surface area contributed by atoms with E-state index in [1.165, 1.54) is 19.3 Å². The molecule has 0 aromatic rings. The van der Waals surface area contributed by atoms with Crippen LogP contribution in [0.25, 0.3) is 0 Å². The summed E-state index contributed by atoms with van der Waals surface area (Å²) < 4.78 is 5.18. The molecule has 0 saturated heterocycles. The summed E-state index contributed by atoms with van der Waals surface area (Å²) in [5, 5.41) is 6.75. The number of nitrogens with one attached hydrogen (secondary N) is 2. The van der Waals surface area contributed by atoms with E-state index in [2.05, 4.69) is 34.4 Å². The van der Waals surface area contributed by atoms with Crippen LogP contribution < -0.4 is 10.6 Å². The first-order valence-corrected chi connectivity index (χ1v) is 7.84. The molecule has 0 heterocycles. The Bertz CT molecular complexity index is 283. The van der Waals surface area contributed by atoms with Gasteiger partial charge in [0.15, 0.2) is 5.96 Å². The molecule has 0 spiro atoms. The van der Waals surface area contributed by atoms with Crippen LogP contribution in [0.2, 0.25) is 0 Å². The summed E-state index contributed by atoms with van der Waals surface area (Å²) in [6.45, 7) is 9.29. The van der Waals surface area contributed by atoms with Crippen molar-refractivity contribution in [2.75, 3.05) is 46.9 Å². The quantitative estimate of drug-likeness (QED) is 0.327. The predicted octanol–water partition coefficient (Wildman–Crippen LogP) is 1.93. The number of hydrogen-bond donors (Lipinski definition) is 2. The molecule has 126 valence electrons. The summed E-state index contributed by atoms with van der Waals surface area (Å²) in [5.41, 5.74) is 0. The Morgan fingerprint density at radius 1 is 1.24 bits per heavy atom. The van der Waals surface area contributed by atoms with E-state index in [9.17, 15) is 0 Å². The molecule has 2 N–H and O–H groups in total. The molecule has 0 aromatic carbocycles. The van der Waals surface area contributed by atoms with Crippen molar-refractivity contribution >= 4 is 29.9 Å². The molecule has 5 nitrogen and oxygen atoms in total. The van der Waals surface area contributed by atoms with Crippen LogP contribution in [0.1, 0.15) is 33.1 Å². The third-order valence-corrected chi connectivity index (χ3v) is 3.58. The van der Waals surface area contributed by atoms with Crippen LogP contribution in [0.3, 0.4) is 0 Å². The Balaban J connectivity index is 0.00000400. The minimum absolute atomic E-state index is 0. The molecule has 1 saturated carbocycles. The summed E-state index contributed by atoms with van der Waals surface area (Å²) in [6.07, 6.45) is 3.85. The Kier molecular flexibility index (Phi) is 12.4. The van der Waals surface area contributed by atoms with Gasteiger partial charge in [0.05, 0.1) is 6.61 Å². The second-order valence-electron chi connectivity index (χ2n) is 5.87. The molecular formula is C15H33IN4O. The number of rotatable bonds is 10. The number of nitrogens with zero attached hydrogens (tertiary/aromatic N) is 2. The van der Waals surface area contributed by atoms with Gasteiger partial charge in [-0.2, -0.15) is 0 Å². The second kappa shape index (κ2) is 12.5. The highest BCUT2D eigenvalue weighted by atomic mass is 127. The molecule has 0 aromatic heterocycles. The van der Waals surface area contributed by atoms with E-state index in [1.807, 2.05) is 7.05 Å². The van der Waals surface area contributed by atoms with Gasteiger partial charge < -0.3 is 15.4 Å². The minimum atomic E-state index is 0. The summed E-state index contributed by atoms with van der Waals surface area (Å²) in [6, 6.07) is 0.780. The number of halogens is 1. The molecule has 0 unspecified atom stereocenters. The zero-order valence-corrected chi connectivity index (χ0v) is 16.4. The molecule has 1 aliphatic rings. The van der Waals surface area contributed by atoms with Gasteiger partial charge in [0.2, 0.25) is 0 Å². The number of ether oxygens (including phenoxy) is 1. The van der Waals surface area contributed by atoms with E-state index in [4.69, 9.17) is 4.74 Å². The molecule has 0 radical (unpaired) electrons. The number of hydrogen-bond acceptors (Lipinski definition) is 3. The van der Waals surface area contributed by atoms with Crippen molar-refractivity contribution in [2.45, 2.75) is 39.2 Å². The SMILES string of the molecule is CN=C(NCCC(C)C)NCCN(CCOC)C1CC1.I. The van der Waals surface area contributed by atoms with E-state index in [0.717, 1.165) is 50.7 Å². The van der Waals surface area contributed by atoms with Crippen molar-refractivity contribution in [3.05, 3.63) is 0 Å². The van der Waals surface area contributed by atoms with Gasteiger partial charge in [-0.05, 0) is 25.2 Å². The average Bonchev–Trinajstić information content (AvgIpc) is 3.24. The van der Waals surface area contributed by atoms with Crippen LogP contribution in [0.15, 0.2) is 4.99 Å². The first-order chi connectivity index (χ1) is 9.67. The molecule has 1 rings (SSSR count). The van der Waals surface area contributed by atoms with Crippen molar-refractivity contribution in [3.63, 3.8) is 0 Å². The Labute approximate surface area is 147 Å². The predicted molar refractivity (Wildman–Crippen MR) is 101 cm³/mol. The minimum Gasteiger partial charge on any atom is -0.383 e. The third-order valence-electron chi connectivity index (χ3n) is 3.58. The highest BCUT2D eigenvalue weighted by Crippen LogP contribution is 2.25. The lowest BCUT2D eigenvalue weighted by Crippen LogP contribution is -2.43. The maximum atomic E-state index is 5.18. The summed E-state index contributed by atoms with van der Waals surface area (Å²) >= 11 is 0. The van der Waals surface area contributed by atoms with Crippen molar-refractivity contribution in [1.29, 1.82) is 0 Å². The van der Waals surface area contributed by atoms with E-state index < -0.39 is 0 Å². The van der Waals surface area contributed by atoms with Gasteiger partial charge in [-0.3, -0.25) is 9.89 Å². The molecule has 0 atom stereocenters. The van der Waals surface area contributed by atoms with Gasteiger partial charge in [0.1, 0.15) is 0 Å². The topological polar surface area (TPSA) is 48.9 Å². The number of methoxy groups -OCH3 is 1. The fourth-order valence-electron chi connectivity index (χ4n) is 2.14. The monoisotopic (exact) mass is 412 g/mol. The highest BCUT2D eigenvalue weighted by molar-refractivity contribution is 14.0. The van der Waals surface area contributed by atoms with E-state index in [0.29, 0.717) is 0 Å². The largest absolute Gasteiger partial charge is 0.383 e. The first kappa shape index (κ1) is 20.9. The van der Waals surface area contributed by atoms with Crippen molar-refractivity contribution in [3.8, 4) is 0 Å². The lowest BCUT2D eigenvalue weighted by atomic mass is 10.1. The molecular weight excluding hydrogens is 379 g/mol. The number of guanidine groups is 1. The molecule has 1 aliphatic carbocycles. The van der Waals surface area contributed by atoms with E-state index >= 15 is 0 Å². The third kappa shape index (κ3) is 10.3. The van der Waals surface area contributed by atoms with Crippen LogP contribution in [0.5, 0.6) is 0 Å². The Hall–Kier alpha value is -0.0800. The van der Waals surface area contributed by atoms with Gasteiger partial charge >= 0.3 is 0 Å². The Morgan fingerprint density at radius 2 is 1.90 bits per heavy atom. The van der Waals surface area contributed by atoms with Gasteiger partial charge in [-0.1, -0.05) is 13.8 Å². The van der Waals surface area contributed by atoms with Crippen molar-refractivity contribution in [2.24, 2.45) is 10.9 Å². The lowest BCUT2D eigenvalue weighted by molar-refractivity contribution is 0.144. The Morgan fingerprint density at radius 3 is 2.43 bits per heavy atom. The van der Waals surface area contributed by atoms with Gasteiger partial charge in [0, 0.05) is 46.4 Å². The lowest BCUT2D eigenvalue weighted by Gasteiger charge is -2.22. The maximum absolute atomic E-state index is 5.18. The number of aliphatic imine (C=N–C) groups is 1. The van der Waals surface area contributed by atoms with Crippen molar-refractivity contribution < 1.29 is 4.74 Å². The van der Waals surface area contributed by atoms with E-state index in [-0.39, 0.29) is 24.0 Å². The normalized spacial score (nSPS) is 15.2. The molecule has 0 amide bonds. The summed E-state index contributed by atoms with van der Waals surface area (Å²) in [4.78, 5) is 6.77. The summed E-state index contributed by atoms with van der Waals surface area (Å²) in [5.74, 6) is 1.63. The summed E-state index contributed by atoms with van der Waals surface area (Å²) in [7, 11) is 3.60. The van der Waals surface area contributed by atoms with Gasteiger partial charge in [0.25, 0.3) is 0 Å². The van der Waals surface area contributed by atoms with Crippen LogP contribution in [0.4, 0.5) is 0 Å². The van der Waals surface area contributed by atoms with Gasteiger partial charge in [-0.25, -0.2) is 0 Å².